The van der Waals surface area contributed by atoms with Crippen molar-refractivity contribution in [3.8, 4) is 11.5 Å². The van der Waals surface area contributed by atoms with Crippen LogP contribution in [0.15, 0.2) is 70.8 Å². The SMILES string of the molecule is COc1ccc(NC(=O)[C@H]2CCCN(c3nccnc3Sc3ccccc3)C2)c(OC)c1. The number of benzene rings is 2. The summed E-state index contributed by atoms with van der Waals surface area (Å²) in [5, 5.41) is 3.87. The quantitative estimate of drug-likeness (QED) is 0.568. The average Bonchev–Trinajstić information content (AvgIpc) is 2.85. The van der Waals surface area contributed by atoms with Gasteiger partial charge < -0.3 is 19.7 Å². The van der Waals surface area contributed by atoms with Crippen LogP contribution in [0.4, 0.5) is 11.5 Å². The maximum absolute atomic E-state index is 13.1. The Bertz CT molecular complexity index is 1060. The van der Waals surface area contributed by atoms with E-state index in [0.29, 0.717) is 23.7 Å². The van der Waals surface area contributed by atoms with Gasteiger partial charge in [0, 0.05) is 36.4 Å². The molecule has 1 saturated heterocycles. The molecule has 1 fully saturated rings. The van der Waals surface area contributed by atoms with E-state index in [1.54, 1.807) is 56.6 Å². The fourth-order valence-electron chi connectivity index (χ4n) is 3.73. The highest BCUT2D eigenvalue weighted by atomic mass is 32.2. The summed E-state index contributed by atoms with van der Waals surface area (Å²) in [6.07, 6.45) is 5.14. The van der Waals surface area contributed by atoms with Crippen molar-refractivity contribution in [3.63, 3.8) is 0 Å². The number of nitrogens with one attached hydrogen (secondary N) is 1. The number of anilines is 2. The van der Waals surface area contributed by atoms with Crippen LogP contribution >= 0.6 is 11.8 Å². The number of piperidine rings is 1. The minimum atomic E-state index is -0.160. The van der Waals surface area contributed by atoms with Gasteiger partial charge in [0.2, 0.25) is 5.91 Å². The molecule has 2 aromatic carbocycles. The van der Waals surface area contributed by atoms with Gasteiger partial charge in [-0.2, -0.15) is 0 Å². The van der Waals surface area contributed by atoms with Crippen molar-refractivity contribution in [3.05, 3.63) is 60.9 Å². The molecule has 32 heavy (non-hydrogen) atoms. The van der Waals surface area contributed by atoms with E-state index >= 15 is 0 Å². The first-order valence-corrected chi connectivity index (χ1v) is 11.3. The molecule has 0 bridgehead atoms. The molecular weight excluding hydrogens is 424 g/mol. The zero-order valence-corrected chi connectivity index (χ0v) is 19.0. The molecule has 2 heterocycles. The number of hydrogen-bond acceptors (Lipinski definition) is 7. The van der Waals surface area contributed by atoms with E-state index in [4.69, 9.17) is 9.47 Å². The summed E-state index contributed by atoms with van der Waals surface area (Å²) in [6, 6.07) is 15.5. The number of methoxy groups -OCH3 is 2. The number of amides is 1. The van der Waals surface area contributed by atoms with Crippen molar-refractivity contribution >= 4 is 29.2 Å². The lowest BCUT2D eigenvalue weighted by Gasteiger charge is -2.33. The third-order valence-electron chi connectivity index (χ3n) is 5.36. The monoisotopic (exact) mass is 450 g/mol. The molecule has 3 aromatic rings. The van der Waals surface area contributed by atoms with Crippen LogP contribution in [0.3, 0.4) is 0 Å². The number of rotatable bonds is 7. The highest BCUT2D eigenvalue weighted by Crippen LogP contribution is 2.34. The Kier molecular flexibility index (Phi) is 7.11. The summed E-state index contributed by atoms with van der Waals surface area (Å²) >= 11 is 1.58. The van der Waals surface area contributed by atoms with Gasteiger partial charge in [-0.3, -0.25) is 4.79 Å². The molecule has 1 aliphatic heterocycles. The van der Waals surface area contributed by atoms with E-state index < -0.39 is 0 Å². The van der Waals surface area contributed by atoms with Gasteiger partial charge in [-0.25, -0.2) is 9.97 Å². The molecule has 0 radical (unpaired) electrons. The van der Waals surface area contributed by atoms with Crippen molar-refractivity contribution in [1.29, 1.82) is 0 Å². The molecule has 1 aliphatic rings. The summed E-state index contributed by atoms with van der Waals surface area (Å²) in [6.45, 7) is 1.43. The summed E-state index contributed by atoms with van der Waals surface area (Å²) in [4.78, 5) is 25.5. The fourth-order valence-corrected chi connectivity index (χ4v) is 4.63. The minimum Gasteiger partial charge on any atom is -0.497 e. The van der Waals surface area contributed by atoms with Crippen LogP contribution in [0.1, 0.15) is 12.8 Å². The third-order valence-corrected chi connectivity index (χ3v) is 6.35. The summed E-state index contributed by atoms with van der Waals surface area (Å²) in [5.41, 5.74) is 0.634. The number of carbonyl (C=O) groups excluding carboxylic acids is 1. The predicted octanol–water partition coefficient (Wildman–Crippen LogP) is 4.50. The lowest BCUT2D eigenvalue weighted by molar-refractivity contribution is -0.120. The van der Waals surface area contributed by atoms with Crippen molar-refractivity contribution < 1.29 is 14.3 Å². The van der Waals surface area contributed by atoms with E-state index in [1.165, 1.54) is 0 Å². The summed E-state index contributed by atoms with van der Waals surface area (Å²) < 4.78 is 10.6. The number of nitrogens with zero attached hydrogens (tertiary/aromatic N) is 3. The summed E-state index contributed by atoms with van der Waals surface area (Å²) in [5.74, 6) is 1.88. The Labute approximate surface area is 192 Å². The van der Waals surface area contributed by atoms with Gasteiger partial charge in [0.15, 0.2) is 5.82 Å². The molecule has 0 saturated carbocycles. The van der Waals surface area contributed by atoms with Crippen LogP contribution < -0.4 is 19.7 Å². The Hall–Kier alpha value is -3.26. The average molecular weight is 451 g/mol. The minimum absolute atomic E-state index is 0.0284. The molecule has 7 nitrogen and oxygen atoms in total. The molecule has 1 N–H and O–H groups in total. The van der Waals surface area contributed by atoms with Crippen LogP contribution in [-0.2, 0) is 4.79 Å². The van der Waals surface area contributed by atoms with E-state index in [2.05, 4.69) is 32.3 Å². The molecule has 0 aliphatic carbocycles. The second kappa shape index (κ2) is 10.4. The third kappa shape index (κ3) is 5.13. The van der Waals surface area contributed by atoms with Crippen LogP contribution in [0.5, 0.6) is 11.5 Å². The summed E-state index contributed by atoms with van der Waals surface area (Å²) in [7, 11) is 3.17. The molecule has 166 valence electrons. The normalized spacial score (nSPS) is 15.8. The second-order valence-electron chi connectivity index (χ2n) is 7.44. The van der Waals surface area contributed by atoms with E-state index in [-0.39, 0.29) is 11.8 Å². The Morgan fingerprint density at radius 3 is 2.69 bits per heavy atom. The van der Waals surface area contributed by atoms with Gasteiger partial charge in [0.1, 0.15) is 16.5 Å². The molecule has 8 heteroatoms. The number of ether oxygens (including phenoxy) is 2. The highest BCUT2D eigenvalue weighted by molar-refractivity contribution is 7.99. The molecular formula is C24H26N4O3S. The first kappa shape index (κ1) is 22.0. The van der Waals surface area contributed by atoms with Crippen molar-refractivity contribution in [2.24, 2.45) is 5.92 Å². The first-order chi connectivity index (χ1) is 15.7. The fraction of sp³-hybridized carbons (Fsp3) is 0.292. The van der Waals surface area contributed by atoms with E-state index in [9.17, 15) is 4.79 Å². The highest BCUT2D eigenvalue weighted by Gasteiger charge is 2.28. The van der Waals surface area contributed by atoms with Gasteiger partial charge >= 0.3 is 0 Å². The maximum Gasteiger partial charge on any atom is 0.229 e. The van der Waals surface area contributed by atoms with Gasteiger partial charge in [0.05, 0.1) is 25.8 Å². The molecule has 1 atom stereocenters. The molecule has 1 amide bonds. The van der Waals surface area contributed by atoms with Crippen molar-refractivity contribution in [2.45, 2.75) is 22.8 Å². The number of hydrogen-bond donors (Lipinski definition) is 1. The molecule has 1 aromatic heterocycles. The lowest BCUT2D eigenvalue weighted by Crippen LogP contribution is -2.41. The number of carbonyl (C=O) groups is 1. The Morgan fingerprint density at radius 1 is 1.09 bits per heavy atom. The maximum atomic E-state index is 13.1. The molecule has 4 rings (SSSR count). The number of aromatic nitrogens is 2. The standard InChI is InChI=1S/C24H26N4O3S/c1-30-18-10-11-20(21(15-18)31-2)27-23(29)17-7-6-14-28(16-17)22-24(26-13-12-25-22)32-19-8-4-3-5-9-19/h3-5,8-13,15,17H,6-7,14,16H2,1-2H3,(H,27,29)/t17-/m0/s1. The van der Waals surface area contributed by atoms with Crippen LogP contribution in [-0.4, -0.2) is 43.2 Å². The van der Waals surface area contributed by atoms with Crippen molar-refractivity contribution in [1.82, 2.24) is 9.97 Å². The van der Waals surface area contributed by atoms with Gasteiger partial charge in [-0.1, -0.05) is 30.0 Å². The topological polar surface area (TPSA) is 76.6 Å². The van der Waals surface area contributed by atoms with Gasteiger partial charge in [0.25, 0.3) is 0 Å². The van der Waals surface area contributed by atoms with Crippen LogP contribution in [0.2, 0.25) is 0 Å². The predicted molar refractivity (Wildman–Crippen MR) is 126 cm³/mol. The van der Waals surface area contributed by atoms with E-state index in [1.807, 2.05) is 18.2 Å². The second-order valence-corrected chi connectivity index (χ2v) is 8.50. The lowest BCUT2D eigenvalue weighted by atomic mass is 9.97. The van der Waals surface area contributed by atoms with E-state index in [0.717, 1.165) is 35.1 Å². The zero-order valence-electron chi connectivity index (χ0n) is 18.2. The first-order valence-electron chi connectivity index (χ1n) is 10.5. The Balaban J connectivity index is 1.48. The largest absolute Gasteiger partial charge is 0.497 e. The Morgan fingerprint density at radius 2 is 1.91 bits per heavy atom. The molecule has 0 unspecified atom stereocenters. The smallest absolute Gasteiger partial charge is 0.229 e. The molecule has 0 spiro atoms. The van der Waals surface area contributed by atoms with Crippen LogP contribution in [0.25, 0.3) is 0 Å². The van der Waals surface area contributed by atoms with Gasteiger partial charge in [-0.05, 0) is 37.1 Å². The zero-order chi connectivity index (χ0) is 22.3. The van der Waals surface area contributed by atoms with Crippen molar-refractivity contribution in [2.75, 3.05) is 37.5 Å². The van der Waals surface area contributed by atoms with Crippen LogP contribution in [0, 0.1) is 5.92 Å². The van der Waals surface area contributed by atoms with Gasteiger partial charge in [-0.15, -0.1) is 0 Å².